The molecule has 0 aliphatic carbocycles. The van der Waals surface area contributed by atoms with Crippen LogP contribution in [0.25, 0.3) is 0 Å². The average Bonchev–Trinajstić information content (AvgIpc) is 2.88. The van der Waals surface area contributed by atoms with Crippen molar-refractivity contribution in [2.75, 3.05) is 0 Å². The summed E-state index contributed by atoms with van der Waals surface area (Å²) in [5.41, 5.74) is 0.220. The van der Waals surface area contributed by atoms with Crippen LogP contribution in [-0.2, 0) is 14.4 Å². The van der Waals surface area contributed by atoms with Crippen LogP contribution in [0.1, 0.15) is 127 Å². The number of benzene rings is 1. The Balaban J connectivity index is -0.000000158. The number of hydrogen-bond acceptors (Lipinski definition) is 6. The van der Waals surface area contributed by atoms with E-state index in [9.17, 15) is 19.5 Å². The number of hydrogen-bond donors (Lipinski definition) is 2. The molecule has 0 aliphatic heterocycles. The van der Waals surface area contributed by atoms with Crippen molar-refractivity contribution in [2.24, 2.45) is 0 Å². The van der Waals surface area contributed by atoms with Crippen molar-refractivity contribution < 1.29 is 98.7 Å². The van der Waals surface area contributed by atoms with Crippen LogP contribution in [0.4, 0.5) is 0 Å². The third kappa shape index (κ3) is 55.4. The first kappa shape index (κ1) is 49.5. The Kier molecular flexibility index (Phi) is 49.5. The monoisotopic (exact) mass is 595 g/mol. The zero-order valence-corrected chi connectivity index (χ0v) is 29.9. The third-order valence-corrected chi connectivity index (χ3v) is 5.23. The molecule has 0 atom stereocenters. The summed E-state index contributed by atoms with van der Waals surface area (Å²) in [5.74, 6) is -4.73. The van der Waals surface area contributed by atoms with Crippen molar-refractivity contribution in [3.63, 3.8) is 0 Å². The predicted octanol–water partition coefficient (Wildman–Crippen LogP) is -0.392. The van der Waals surface area contributed by atoms with Crippen molar-refractivity contribution in [3.05, 3.63) is 55.0 Å². The van der Waals surface area contributed by atoms with E-state index in [0.29, 0.717) is 12.2 Å². The van der Waals surface area contributed by atoms with Crippen molar-refractivity contribution in [2.45, 2.75) is 117 Å². The Morgan fingerprint density at radius 2 is 0.951 bits per heavy atom. The van der Waals surface area contributed by atoms with E-state index in [2.05, 4.69) is 13.8 Å². The van der Waals surface area contributed by atoms with Gasteiger partial charge in [-0.15, -0.1) is 0 Å². The fourth-order valence-corrected chi connectivity index (χ4v) is 3.26. The molecule has 41 heavy (non-hydrogen) atoms. The summed E-state index contributed by atoms with van der Waals surface area (Å²) in [6.45, 7) is 7.15. The molecule has 2 N–H and O–H groups in total. The molecule has 223 valence electrons. The quantitative estimate of drug-likeness (QED) is 0.132. The van der Waals surface area contributed by atoms with Crippen LogP contribution in [0.5, 0.6) is 0 Å². The zero-order chi connectivity index (χ0) is 30.2. The molecule has 1 aromatic rings. The SMILES string of the molecule is CC(=O)[O-].O=C(O)/C=C/C(=O)O.O=C([O-])c1ccccc1.[CH2]CCCCCCCCCCCCCCCCC.[Na+].[Na+]. The normalized spacial score (nSPS) is 9.24. The largest absolute Gasteiger partial charge is 1.00 e. The summed E-state index contributed by atoms with van der Waals surface area (Å²) in [7, 11) is 0. The van der Waals surface area contributed by atoms with Crippen LogP contribution in [-0.4, -0.2) is 34.1 Å². The summed E-state index contributed by atoms with van der Waals surface area (Å²) < 4.78 is 0. The molecule has 0 heterocycles. The fourth-order valence-electron chi connectivity index (χ4n) is 3.26. The average molecular weight is 596 g/mol. The summed E-state index contributed by atoms with van der Waals surface area (Å²) in [6, 6.07) is 8.06. The molecule has 0 bridgehead atoms. The van der Waals surface area contributed by atoms with Gasteiger partial charge in [0, 0.05) is 18.1 Å². The Hall–Kier alpha value is -1.16. The number of carboxylic acid groups (broad SMARTS) is 4. The number of unbranched alkanes of at least 4 members (excludes halogenated alkanes) is 15. The summed E-state index contributed by atoms with van der Waals surface area (Å²) in [6.07, 6.45) is 23.9. The van der Waals surface area contributed by atoms with Crippen LogP contribution in [0, 0.1) is 6.92 Å². The second-order valence-electron chi connectivity index (χ2n) is 8.96. The summed E-state index contributed by atoms with van der Waals surface area (Å²) in [4.78, 5) is 38.1. The van der Waals surface area contributed by atoms with Gasteiger partial charge in [-0.25, -0.2) is 9.59 Å². The van der Waals surface area contributed by atoms with E-state index in [0.717, 1.165) is 13.3 Å². The van der Waals surface area contributed by atoms with E-state index >= 15 is 0 Å². The smallest absolute Gasteiger partial charge is 0.550 e. The third-order valence-electron chi connectivity index (χ3n) is 5.23. The molecule has 0 aromatic heterocycles. The van der Waals surface area contributed by atoms with Gasteiger partial charge in [0.05, 0.1) is 5.97 Å². The van der Waals surface area contributed by atoms with E-state index in [4.69, 9.17) is 20.1 Å². The van der Waals surface area contributed by atoms with Crippen LogP contribution in [0.3, 0.4) is 0 Å². The Bertz CT molecular complexity index is 720. The van der Waals surface area contributed by atoms with Crippen LogP contribution in [0.15, 0.2) is 42.5 Å². The van der Waals surface area contributed by atoms with E-state index in [1.165, 1.54) is 108 Å². The maximum Gasteiger partial charge on any atom is 1.00 e. The van der Waals surface area contributed by atoms with Crippen molar-refractivity contribution in [3.8, 4) is 0 Å². The molecule has 1 rings (SSSR count). The Labute approximate surface area is 292 Å². The maximum absolute atomic E-state index is 10.1. The van der Waals surface area contributed by atoms with Crippen LogP contribution >= 0.6 is 0 Å². The van der Waals surface area contributed by atoms with Gasteiger partial charge in [0.15, 0.2) is 0 Å². The minimum absolute atomic E-state index is 0. The van der Waals surface area contributed by atoms with Gasteiger partial charge in [-0.05, 0) is 12.5 Å². The van der Waals surface area contributed by atoms with Gasteiger partial charge in [-0.1, -0.05) is 147 Å². The van der Waals surface area contributed by atoms with Crippen molar-refractivity contribution in [1.29, 1.82) is 0 Å². The van der Waals surface area contributed by atoms with Gasteiger partial charge < -0.3 is 30.0 Å². The molecule has 0 amide bonds. The number of rotatable bonds is 18. The first-order valence-electron chi connectivity index (χ1n) is 14.0. The van der Waals surface area contributed by atoms with E-state index < -0.39 is 23.9 Å². The van der Waals surface area contributed by atoms with Gasteiger partial charge in [-0.3, -0.25) is 0 Å². The molecule has 0 spiro atoms. The van der Waals surface area contributed by atoms with Crippen LogP contribution < -0.4 is 69.3 Å². The minimum atomic E-state index is -1.26. The first-order valence-corrected chi connectivity index (χ1v) is 14.0. The standard InChI is InChI=1S/C18H37.C7H6O2.C4H4O4.C2H4O2.2Na/c1-3-5-7-9-11-13-15-17-18-16-14-12-10-8-6-4-2;8-7(9)6-4-2-1-3-5-6;5-3(6)1-2-4(7)8;1-2(3)4;;/h1,3-18H2,2H3;1-5H,(H,8,9);1-2H,(H,5,6)(H,7,8);1H3,(H,3,4);;/q;;;;2*+1/p-2/b;;2-1+;;;. The predicted molar refractivity (Wildman–Crippen MR) is 151 cm³/mol. The maximum atomic E-state index is 10.1. The molecular formula is C31H49Na2O8. The second kappa shape index (κ2) is 41.0. The number of carboxylic acids is 4. The van der Waals surface area contributed by atoms with Gasteiger partial charge in [-0.2, -0.15) is 0 Å². The van der Waals surface area contributed by atoms with E-state index in [1.807, 2.05) is 0 Å². The minimum Gasteiger partial charge on any atom is -0.550 e. The first-order chi connectivity index (χ1) is 18.6. The Morgan fingerprint density at radius 1 is 0.659 bits per heavy atom. The molecular weight excluding hydrogens is 546 g/mol. The van der Waals surface area contributed by atoms with Gasteiger partial charge in [0.25, 0.3) is 0 Å². The Morgan fingerprint density at radius 3 is 1.17 bits per heavy atom. The number of aliphatic carboxylic acids is 3. The molecule has 0 saturated carbocycles. The number of carbonyl (C=O) groups is 4. The zero-order valence-electron chi connectivity index (χ0n) is 25.9. The number of carbonyl (C=O) groups excluding carboxylic acids is 2. The van der Waals surface area contributed by atoms with Crippen LogP contribution in [0.2, 0.25) is 0 Å². The molecule has 0 unspecified atom stereocenters. The molecule has 10 heteroatoms. The second-order valence-corrected chi connectivity index (χ2v) is 8.96. The molecule has 1 aromatic carbocycles. The molecule has 0 fully saturated rings. The van der Waals surface area contributed by atoms with E-state index in [-0.39, 0.29) is 64.7 Å². The van der Waals surface area contributed by atoms with Crippen molar-refractivity contribution >= 4 is 23.9 Å². The van der Waals surface area contributed by atoms with Gasteiger partial charge in [0.1, 0.15) is 0 Å². The summed E-state index contributed by atoms with van der Waals surface area (Å²) in [5, 5.41) is 34.6. The molecule has 1 radical (unpaired) electrons. The van der Waals surface area contributed by atoms with Gasteiger partial charge in [0.2, 0.25) is 0 Å². The summed E-state index contributed by atoms with van der Waals surface area (Å²) >= 11 is 0. The van der Waals surface area contributed by atoms with Gasteiger partial charge >= 0.3 is 71.1 Å². The van der Waals surface area contributed by atoms with Crippen molar-refractivity contribution in [1.82, 2.24) is 0 Å². The topological polar surface area (TPSA) is 155 Å². The fraction of sp³-hybridized carbons (Fsp3) is 0.581. The van der Waals surface area contributed by atoms with E-state index in [1.54, 1.807) is 18.2 Å². The number of aromatic carboxylic acids is 1. The molecule has 0 saturated heterocycles. The molecule has 0 aliphatic rings. The molecule has 8 nitrogen and oxygen atoms in total.